The lowest BCUT2D eigenvalue weighted by molar-refractivity contribution is -0.174. The minimum atomic E-state index is -4.39. The first-order chi connectivity index (χ1) is 8.84. The first-order valence-electron chi connectivity index (χ1n) is 5.86. The van der Waals surface area contributed by atoms with E-state index in [-0.39, 0.29) is 6.61 Å². The number of alkyl halides is 3. The Morgan fingerprint density at radius 3 is 2.37 bits per heavy atom. The van der Waals surface area contributed by atoms with Crippen LogP contribution < -0.4 is 5.32 Å². The number of hydrogen-bond donors (Lipinski definition) is 2. The molecule has 0 saturated carbocycles. The number of halogens is 3. The maximum Gasteiger partial charge on any atom is 0.392 e. The minimum Gasteiger partial charge on any atom is -0.394 e. The first kappa shape index (κ1) is 15.5. The second kappa shape index (κ2) is 6.56. The van der Waals surface area contributed by atoms with Gasteiger partial charge in [0, 0.05) is 6.42 Å². The van der Waals surface area contributed by atoms with Gasteiger partial charge in [-0.25, -0.2) is 0 Å². The molecule has 2 N–H and O–H groups in total. The number of hydrogen-bond acceptors (Lipinski definition) is 2. The smallest absolute Gasteiger partial charge is 0.392 e. The van der Waals surface area contributed by atoms with Crippen molar-refractivity contribution in [1.82, 2.24) is 5.32 Å². The minimum absolute atomic E-state index is 0.365. The molecule has 0 aromatic heterocycles. The van der Waals surface area contributed by atoms with Crippen LogP contribution in [0.4, 0.5) is 13.2 Å². The Labute approximate surface area is 109 Å². The zero-order valence-corrected chi connectivity index (χ0v) is 10.4. The maximum absolute atomic E-state index is 12.3. The number of aliphatic hydroxyl groups excluding tert-OH is 1. The van der Waals surface area contributed by atoms with E-state index in [1.165, 1.54) is 0 Å². The van der Waals surface area contributed by atoms with Gasteiger partial charge in [0.25, 0.3) is 0 Å². The van der Waals surface area contributed by atoms with Gasteiger partial charge in [0.2, 0.25) is 5.91 Å². The summed E-state index contributed by atoms with van der Waals surface area (Å²) in [6.45, 7) is 0.589. The van der Waals surface area contributed by atoms with E-state index >= 15 is 0 Å². The molecule has 0 aliphatic carbocycles. The van der Waals surface area contributed by atoms with Gasteiger partial charge in [-0.1, -0.05) is 37.3 Å². The lowest BCUT2D eigenvalue weighted by atomic mass is 10.0. The third kappa shape index (κ3) is 4.90. The normalized spacial score (nSPS) is 14.8. The number of carbonyl (C=O) groups excluding carboxylic acids is 1. The molecule has 3 nitrogen and oxygen atoms in total. The molecule has 106 valence electrons. The molecular formula is C13H16F3NO2. The maximum atomic E-state index is 12.3. The summed E-state index contributed by atoms with van der Waals surface area (Å²) >= 11 is 0. The fraction of sp³-hybridized carbons (Fsp3) is 0.462. The van der Waals surface area contributed by atoms with Crippen LogP contribution >= 0.6 is 0 Å². The van der Waals surface area contributed by atoms with Crippen molar-refractivity contribution < 1.29 is 23.1 Å². The van der Waals surface area contributed by atoms with E-state index in [4.69, 9.17) is 0 Å². The van der Waals surface area contributed by atoms with Crippen molar-refractivity contribution in [1.29, 1.82) is 0 Å². The van der Waals surface area contributed by atoms with Gasteiger partial charge in [0.15, 0.2) is 0 Å². The Balaban J connectivity index is 2.60. The highest BCUT2D eigenvalue weighted by atomic mass is 19.4. The molecule has 1 aromatic carbocycles. The fourth-order valence-electron chi connectivity index (χ4n) is 1.57. The molecule has 0 heterocycles. The van der Waals surface area contributed by atoms with Crippen molar-refractivity contribution in [3.63, 3.8) is 0 Å². The topological polar surface area (TPSA) is 49.3 Å². The van der Waals surface area contributed by atoms with Crippen LogP contribution in [0.1, 0.15) is 24.9 Å². The van der Waals surface area contributed by atoms with E-state index in [1.807, 2.05) is 0 Å². The molecule has 6 heteroatoms. The lowest BCUT2D eigenvalue weighted by Gasteiger charge is -2.19. The number of benzene rings is 1. The summed E-state index contributed by atoms with van der Waals surface area (Å²) in [6.07, 6.45) is -5.04. The van der Waals surface area contributed by atoms with Crippen LogP contribution in [-0.2, 0) is 4.79 Å². The van der Waals surface area contributed by atoms with Crippen LogP contribution in [0, 0.1) is 5.92 Å². The van der Waals surface area contributed by atoms with Gasteiger partial charge < -0.3 is 10.4 Å². The van der Waals surface area contributed by atoms with Crippen molar-refractivity contribution >= 4 is 5.91 Å². The molecular weight excluding hydrogens is 259 g/mol. The molecule has 0 spiro atoms. The van der Waals surface area contributed by atoms with Crippen molar-refractivity contribution in [2.45, 2.75) is 25.6 Å². The number of carbonyl (C=O) groups is 1. The molecule has 19 heavy (non-hydrogen) atoms. The van der Waals surface area contributed by atoms with Gasteiger partial charge in [0.05, 0.1) is 18.6 Å². The first-order valence-corrected chi connectivity index (χ1v) is 5.86. The van der Waals surface area contributed by atoms with Gasteiger partial charge in [0.1, 0.15) is 0 Å². The van der Waals surface area contributed by atoms with Crippen LogP contribution in [0.3, 0.4) is 0 Å². The Hall–Kier alpha value is -1.56. The Morgan fingerprint density at radius 2 is 1.89 bits per heavy atom. The predicted octanol–water partition coefficient (Wildman–Crippen LogP) is 2.42. The van der Waals surface area contributed by atoms with Crippen molar-refractivity contribution in [2.24, 2.45) is 5.92 Å². The highest BCUT2D eigenvalue weighted by Gasteiger charge is 2.37. The second-order valence-electron chi connectivity index (χ2n) is 4.36. The Kier molecular flexibility index (Phi) is 5.35. The fourth-order valence-corrected chi connectivity index (χ4v) is 1.57. The monoisotopic (exact) mass is 275 g/mol. The molecule has 0 bridgehead atoms. The summed E-state index contributed by atoms with van der Waals surface area (Å²) in [5.74, 6) is -2.43. The number of rotatable bonds is 5. The zero-order chi connectivity index (χ0) is 14.5. The summed E-state index contributed by atoms with van der Waals surface area (Å²) in [5, 5.41) is 11.6. The average Bonchev–Trinajstić information content (AvgIpc) is 2.35. The van der Waals surface area contributed by atoms with Crippen molar-refractivity contribution in [2.75, 3.05) is 6.61 Å². The van der Waals surface area contributed by atoms with Crippen LogP contribution in [0.5, 0.6) is 0 Å². The SMILES string of the molecule is CC(CC(=O)NC(CO)c1ccccc1)C(F)(F)F. The zero-order valence-electron chi connectivity index (χ0n) is 10.4. The van der Waals surface area contributed by atoms with Crippen molar-refractivity contribution in [3.05, 3.63) is 35.9 Å². The van der Waals surface area contributed by atoms with E-state index < -0.39 is 30.5 Å². The van der Waals surface area contributed by atoms with Crippen LogP contribution in [-0.4, -0.2) is 23.8 Å². The van der Waals surface area contributed by atoms with Gasteiger partial charge in [-0.05, 0) is 5.56 Å². The standard InChI is InChI=1S/C13H16F3NO2/c1-9(13(14,15)16)7-12(19)17-11(8-18)10-5-3-2-4-6-10/h2-6,9,11,18H,7-8H2,1H3,(H,17,19). The van der Waals surface area contributed by atoms with E-state index in [9.17, 15) is 23.1 Å². The molecule has 1 aromatic rings. The molecule has 2 unspecified atom stereocenters. The van der Waals surface area contributed by atoms with E-state index in [0.717, 1.165) is 6.92 Å². The average molecular weight is 275 g/mol. The Morgan fingerprint density at radius 1 is 1.32 bits per heavy atom. The molecule has 1 amide bonds. The van der Waals surface area contributed by atoms with Crippen LogP contribution in [0.25, 0.3) is 0 Å². The van der Waals surface area contributed by atoms with Gasteiger partial charge in [-0.2, -0.15) is 13.2 Å². The van der Waals surface area contributed by atoms with Gasteiger partial charge in [-0.15, -0.1) is 0 Å². The highest BCUT2D eigenvalue weighted by Crippen LogP contribution is 2.28. The predicted molar refractivity (Wildman–Crippen MR) is 64.2 cm³/mol. The summed E-state index contributed by atoms with van der Waals surface area (Å²) < 4.78 is 37.0. The summed E-state index contributed by atoms with van der Waals surface area (Å²) in [5.41, 5.74) is 0.651. The highest BCUT2D eigenvalue weighted by molar-refractivity contribution is 5.76. The number of nitrogens with one attached hydrogen (secondary N) is 1. The third-order valence-electron chi connectivity index (χ3n) is 2.77. The largest absolute Gasteiger partial charge is 0.394 e. The second-order valence-corrected chi connectivity index (χ2v) is 4.36. The summed E-state index contributed by atoms with van der Waals surface area (Å²) in [6, 6.07) is 7.91. The molecule has 1 rings (SSSR count). The molecule has 0 saturated heterocycles. The van der Waals surface area contributed by atoms with Gasteiger partial charge in [-0.3, -0.25) is 4.79 Å². The lowest BCUT2D eigenvalue weighted by Crippen LogP contribution is -2.34. The molecule has 0 fully saturated rings. The van der Waals surface area contributed by atoms with E-state index in [1.54, 1.807) is 30.3 Å². The summed E-state index contributed by atoms with van der Waals surface area (Å²) in [4.78, 5) is 11.5. The van der Waals surface area contributed by atoms with E-state index in [2.05, 4.69) is 5.32 Å². The molecule has 0 radical (unpaired) electrons. The van der Waals surface area contributed by atoms with Gasteiger partial charge >= 0.3 is 6.18 Å². The van der Waals surface area contributed by atoms with Crippen LogP contribution in [0.15, 0.2) is 30.3 Å². The Bertz CT molecular complexity index is 406. The van der Waals surface area contributed by atoms with E-state index in [0.29, 0.717) is 5.56 Å². The quantitative estimate of drug-likeness (QED) is 0.867. The van der Waals surface area contributed by atoms with Crippen LogP contribution in [0.2, 0.25) is 0 Å². The molecule has 0 aliphatic rings. The summed E-state index contributed by atoms with van der Waals surface area (Å²) in [7, 11) is 0. The third-order valence-corrected chi connectivity index (χ3v) is 2.77. The molecule has 0 aliphatic heterocycles. The number of aliphatic hydroxyl groups is 1. The molecule has 2 atom stereocenters. The van der Waals surface area contributed by atoms with Crippen molar-refractivity contribution in [3.8, 4) is 0 Å². The number of amides is 1.